The first-order valence-electron chi connectivity index (χ1n) is 5.10. The van der Waals surface area contributed by atoms with Crippen LogP contribution in [0.5, 0.6) is 0 Å². The summed E-state index contributed by atoms with van der Waals surface area (Å²) in [5.41, 5.74) is 1.08. The van der Waals surface area contributed by atoms with E-state index in [1.165, 1.54) is 0 Å². The maximum Gasteiger partial charge on any atom is 0.185 e. The van der Waals surface area contributed by atoms with Crippen molar-refractivity contribution in [2.24, 2.45) is 0 Å². The molecule has 1 N–H and O–H groups in total. The van der Waals surface area contributed by atoms with Crippen LogP contribution in [0.4, 0.5) is 0 Å². The topological polar surface area (TPSA) is 30.5 Å². The summed E-state index contributed by atoms with van der Waals surface area (Å²) in [6.45, 7) is 1.79. The van der Waals surface area contributed by atoms with Gasteiger partial charge >= 0.3 is 0 Å². The Balaban J connectivity index is 1.82. The third-order valence-electron chi connectivity index (χ3n) is 2.86. The Morgan fingerprint density at radius 3 is 2.47 bits per heavy atom. The Bertz CT molecular complexity index is 359. The summed E-state index contributed by atoms with van der Waals surface area (Å²) in [7, 11) is 0. The fourth-order valence-corrected chi connectivity index (χ4v) is 2.54. The molecule has 0 saturated carbocycles. The second kappa shape index (κ2) is 3.87. The van der Waals surface area contributed by atoms with Crippen molar-refractivity contribution in [2.45, 2.75) is 18.5 Å². The van der Waals surface area contributed by atoms with Crippen molar-refractivity contribution >= 4 is 15.9 Å². The van der Waals surface area contributed by atoms with Gasteiger partial charge in [-0.3, -0.25) is 0 Å². The standard InChI is InChI=1S/C11H12BrNO2/c12-8-4-2-1-3-7(8)11-14-9-5-13-6-10(9)15-11/h1-4,9-11,13H,5-6H2. The van der Waals surface area contributed by atoms with Crippen molar-refractivity contribution in [3.05, 3.63) is 34.3 Å². The zero-order valence-corrected chi connectivity index (χ0v) is 9.74. The predicted molar refractivity (Wildman–Crippen MR) is 59.5 cm³/mol. The molecule has 0 amide bonds. The van der Waals surface area contributed by atoms with E-state index in [1.807, 2.05) is 24.3 Å². The van der Waals surface area contributed by atoms with Crippen LogP contribution in [0, 0.1) is 0 Å². The fraction of sp³-hybridized carbons (Fsp3) is 0.455. The number of benzene rings is 1. The molecule has 1 aromatic rings. The summed E-state index contributed by atoms with van der Waals surface area (Å²) >= 11 is 3.51. The molecule has 15 heavy (non-hydrogen) atoms. The van der Waals surface area contributed by atoms with E-state index in [4.69, 9.17) is 9.47 Å². The average Bonchev–Trinajstić information content (AvgIpc) is 2.77. The van der Waals surface area contributed by atoms with E-state index < -0.39 is 0 Å². The maximum atomic E-state index is 5.84. The van der Waals surface area contributed by atoms with E-state index in [0.717, 1.165) is 23.1 Å². The number of nitrogens with one attached hydrogen (secondary N) is 1. The zero-order chi connectivity index (χ0) is 10.3. The van der Waals surface area contributed by atoms with Gasteiger partial charge in [0.25, 0.3) is 0 Å². The lowest BCUT2D eigenvalue weighted by molar-refractivity contribution is -0.0733. The van der Waals surface area contributed by atoms with E-state index in [-0.39, 0.29) is 18.5 Å². The molecule has 1 aromatic carbocycles. The molecular weight excluding hydrogens is 258 g/mol. The van der Waals surface area contributed by atoms with Gasteiger partial charge < -0.3 is 14.8 Å². The highest BCUT2D eigenvalue weighted by Crippen LogP contribution is 2.35. The Morgan fingerprint density at radius 1 is 1.13 bits per heavy atom. The first-order chi connectivity index (χ1) is 7.34. The number of hydrogen-bond donors (Lipinski definition) is 1. The predicted octanol–water partition coefficient (Wildman–Crippen LogP) is 1.83. The molecule has 2 fully saturated rings. The number of fused-ring (bicyclic) bond motifs is 1. The van der Waals surface area contributed by atoms with Crippen LogP contribution >= 0.6 is 15.9 Å². The summed E-state index contributed by atoms with van der Waals surface area (Å²) in [6.07, 6.45) is 0.210. The van der Waals surface area contributed by atoms with Crippen molar-refractivity contribution in [1.29, 1.82) is 0 Å². The summed E-state index contributed by atoms with van der Waals surface area (Å²) < 4.78 is 12.7. The van der Waals surface area contributed by atoms with Crippen LogP contribution in [-0.4, -0.2) is 25.3 Å². The van der Waals surface area contributed by atoms with Gasteiger partial charge in [-0.2, -0.15) is 0 Å². The Kier molecular flexibility index (Phi) is 2.52. The average molecular weight is 270 g/mol. The molecule has 0 spiro atoms. The van der Waals surface area contributed by atoms with Crippen molar-refractivity contribution in [3.63, 3.8) is 0 Å². The smallest absolute Gasteiger partial charge is 0.185 e. The zero-order valence-electron chi connectivity index (χ0n) is 8.15. The minimum Gasteiger partial charge on any atom is -0.341 e. The van der Waals surface area contributed by atoms with Gasteiger partial charge in [-0.25, -0.2) is 0 Å². The van der Waals surface area contributed by atoms with Crippen molar-refractivity contribution in [2.75, 3.05) is 13.1 Å². The maximum absolute atomic E-state index is 5.84. The highest BCUT2D eigenvalue weighted by Gasteiger charge is 2.40. The molecule has 2 atom stereocenters. The first kappa shape index (κ1) is 9.78. The summed E-state index contributed by atoms with van der Waals surface area (Å²) in [4.78, 5) is 0. The molecule has 2 saturated heterocycles. The molecule has 2 aliphatic rings. The number of halogens is 1. The molecule has 80 valence electrons. The van der Waals surface area contributed by atoms with Gasteiger partial charge in [0.05, 0.1) is 0 Å². The van der Waals surface area contributed by atoms with Crippen LogP contribution in [0.25, 0.3) is 0 Å². The molecule has 3 nitrogen and oxygen atoms in total. The number of ether oxygens (including phenoxy) is 2. The van der Waals surface area contributed by atoms with E-state index >= 15 is 0 Å². The second-order valence-corrected chi connectivity index (χ2v) is 4.72. The summed E-state index contributed by atoms with van der Waals surface area (Å²) in [6, 6.07) is 8.03. The van der Waals surface area contributed by atoms with Gasteiger partial charge in [-0.15, -0.1) is 0 Å². The van der Waals surface area contributed by atoms with Gasteiger partial charge in [0, 0.05) is 23.1 Å². The Morgan fingerprint density at radius 2 is 1.80 bits per heavy atom. The lowest BCUT2D eigenvalue weighted by Gasteiger charge is -2.13. The van der Waals surface area contributed by atoms with Crippen molar-refractivity contribution in [3.8, 4) is 0 Å². The molecule has 0 aliphatic carbocycles. The fourth-order valence-electron chi connectivity index (χ4n) is 2.06. The van der Waals surface area contributed by atoms with Gasteiger partial charge in [0.1, 0.15) is 12.2 Å². The quantitative estimate of drug-likeness (QED) is 0.844. The lowest BCUT2D eigenvalue weighted by Crippen LogP contribution is -2.18. The Hall–Kier alpha value is -0.420. The van der Waals surface area contributed by atoms with Crippen LogP contribution < -0.4 is 5.32 Å². The van der Waals surface area contributed by atoms with E-state index in [1.54, 1.807) is 0 Å². The van der Waals surface area contributed by atoms with Gasteiger partial charge in [0.2, 0.25) is 0 Å². The van der Waals surface area contributed by atoms with Crippen LogP contribution in [0.15, 0.2) is 28.7 Å². The van der Waals surface area contributed by atoms with E-state index in [9.17, 15) is 0 Å². The third-order valence-corrected chi connectivity index (χ3v) is 3.58. The number of hydrogen-bond acceptors (Lipinski definition) is 3. The number of rotatable bonds is 1. The van der Waals surface area contributed by atoms with Crippen LogP contribution in [0.1, 0.15) is 11.9 Å². The lowest BCUT2D eigenvalue weighted by atomic mass is 10.2. The molecular formula is C11H12BrNO2. The molecule has 0 aromatic heterocycles. The monoisotopic (exact) mass is 269 g/mol. The third kappa shape index (κ3) is 1.72. The van der Waals surface area contributed by atoms with E-state index in [2.05, 4.69) is 21.2 Å². The van der Waals surface area contributed by atoms with E-state index in [0.29, 0.717) is 0 Å². The van der Waals surface area contributed by atoms with Crippen molar-refractivity contribution < 1.29 is 9.47 Å². The highest BCUT2D eigenvalue weighted by molar-refractivity contribution is 9.10. The Labute approximate surface area is 96.9 Å². The highest BCUT2D eigenvalue weighted by atomic mass is 79.9. The first-order valence-corrected chi connectivity index (χ1v) is 5.90. The minimum absolute atomic E-state index is 0.210. The molecule has 0 bridgehead atoms. The molecule has 2 heterocycles. The summed E-state index contributed by atoms with van der Waals surface area (Å²) in [5.74, 6) is 0. The van der Waals surface area contributed by atoms with Crippen molar-refractivity contribution in [1.82, 2.24) is 5.32 Å². The largest absolute Gasteiger partial charge is 0.341 e. The molecule has 2 unspecified atom stereocenters. The SMILES string of the molecule is Brc1ccccc1C1OC2CNCC2O1. The summed E-state index contributed by atoms with van der Waals surface area (Å²) in [5, 5.41) is 3.25. The van der Waals surface area contributed by atoms with Crippen LogP contribution in [0.3, 0.4) is 0 Å². The van der Waals surface area contributed by atoms with Crippen LogP contribution in [-0.2, 0) is 9.47 Å². The molecule has 4 heteroatoms. The molecule has 0 radical (unpaired) electrons. The minimum atomic E-state index is -0.210. The van der Waals surface area contributed by atoms with Crippen LogP contribution in [0.2, 0.25) is 0 Å². The van der Waals surface area contributed by atoms with Gasteiger partial charge in [0.15, 0.2) is 6.29 Å². The molecule has 3 rings (SSSR count). The van der Waals surface area contributed by atoms with Gasteiger partial charge in [-0.1, -0.05) is 34.1 Å². The van der Waals surface area contributed by atoms with Gasteiger partial charge in [-0.05, 0) is 6.07 Å². The molecule has 2 aliphatic heterocycles. The normalized spacial score (nSPS) is 34.3. The second-order valence-electron chi connectivity index (χ2n) is 3.86.